The molecule has 246 valence electrons. The smallest absolute Gasteiger partial charge is 0.319 e. The molecule has 2 unspecified atom stereocenters. The summed E-state index contributed by atoms with van der Waals surface area (Å²) in [6.07, 6.45) is 6.49. The van der Waals surface area contributed by atoms with Gasteiger partial charge in [-0.1, -0.05) is 6.07 Å². The number of rotatable bonds is 7. The molecule has 2 N–H and O–H groups in total. The number of nitrogens with one attached hydrogen (secondary N) is 1. The summed E-state index contributed by atoms with van der Waals surface area (Å²) in [5.74, 6) is -2.39. The van der Waals surface area contributed by atoms with Gasteiger partial charge < -0.3 is 24.8 Å². The standard InChI is InChI=1S/C36H38F3N5O3/c1-20-12-26-32(31(39)28(20)25-14-24(45)13-21-2-5-27(37)30(38)29(21)25)41-34(42-33(26)44-15-22-3-4-23(16-44)40-22)46-19-35(6-7-35)17-43-10-11-47-36(18-43)8-9-36/h2,5,12-14,22-23,40,45H,3-4,6-11,15-19H2,1H3. The lowest BCUT2D eigenvalue weighted by Gasteiger charge is -2.35. The van der Waals surface area contributed by atoms with Gasteiger partial charge in [0, 0.05) is 66.6 Å². The second kappa shape index (κ2) is 10.7. The first-order valence-corrected chi connectivity index (χ1v) is 16.8. The summed E-state index contributed by atoms with van der Waals surface area (Å²) in [6.45, 7) is 7.16. The third-order valence-electron chi connectivity index (χ3n) is 11.0. The highest BCUT2D eigenvalue weighted by Gasteiger charge is 2.51. The summed E-state index contributed by atoms with van der Waals surface area (Å²) < 4.78 is 59.1. The maximum atomic E-state index is 17.0. The summed E-state index contributed by atoms with van der Waals surface area (Å²) in [5, 5.41) is 14.9. The lowest BCUT2D eigenvalue weighted by Crippen LogP contribution is -2.51. The Balaban J connectivity index is 1.12. The van der Waals surface area contributed by atoms with Crippen molar-refractivity contribution in [2.75, 3.05) is 50.8 Å². The number of anilines is 1. The van der Waals surface area contributed by atoms with Gasteiger partial charge in [-0.3, -0.25) is 4.90 Å². The molecule has 2 atom stereocenters. The third kappa shape index (κ3) is 5.18. The number of piperazine rings is 1. The summed E-state index contributed by atoms with van der Waals surface area (Å²) in [5.41, 5.74) is 0.721. The Bertz CT molecular complexity index is 1920. The molecule has 4 heterocycles. The van der Waals surface area contributed by atoms with Crippen LogP contribution in [0.2, 0.25) is 0 Å². The number of aryl methyl sites for hydroxylation is 1. The largest absolute Gasteiger partial charge is 0.508 e. The van der Waals surface area contributed by atoms with Crippen LogP contribution in [0.3, 0.4) is 0 Å². The molecule has 0 radical (unpaired) electrons. The van der Waals surface area contributed by atoms with Gasteiger partial charge in [0.1, 0.15) is 17.1 Å². The number of benzene rings is 3. The van der Waals surface area contributed by atoms with Crippen molar-refractivity contribution in [1.29, 1.82) is 0 Å². The Morgan fingerprint density at radius 1 is 1.02 bits per heavy atom. The first-order chi connectivity index (χ1) is 22.7. The number of fused-ring (bicyclic) bond motifs is 4. The number of hydrogen-bond donors (Lipinski definition) is 2. The molecule has 2 aliphatic carbocycles. The van der Waals surface area contributed by atoms with Crippen LogP contribution in [0.25, 0.3) is 32.8 Å². The molecule has 0 amide bonds. The van der Waals surface area contributed by atoms with Gasteiger partial charge in [0.25, 0.3) is 0 Å². The molecule has 1 aromatic heterocycles. The van der Waals surface area contributed by atoms with Crippen LogP contribution >= 0.6 is 0 Å². The maximum absolute atomic E-state index is 17.0. The zero-order valence-corrected chi connectivity index (χ0v) is 26.4. The minimum atomic E-state index is -1.09. The summed E-state index contributed by atoms with van der Waals surface area (Å²) in [4.78, 5) is 14.3. The fourth-order valence-corrected chi connectivity index (χ4v) is 8.22. The molecular formula is C36H38F3N5O3. The molecule has 3 saturated heterocycles. The molecule has 47 heavy (non-hydrogen) atoms. The van der Waals surface area contributed by atoms with Gasteiger partial charge in [0.15, 0.2) is 17.5 Å². The highest BCUT2D eigenvalue weighted by Crippen LogP contribution is 2.49. The lowest BCUT2D eigenvalue weighted by atomic mass is 9.92. The van der Waals surface area contributed by atoms with Crippen molar-refractivity contribution in [2.24, 2.45) is 5.41 Å². The zero-order valence-electron chi connectivity index (χ0n) is 26.4. The van der Waals surface area contributed by atoms with E-state index < -0.39 is 17.5 Å². The molecule has 4 aromatic rings. The highest BCUT2D eigenvalue weighted by atomic mass is 19.2. The average Bonchev–Trinajstić information content (AvgIpc) is 3.96. The molecule has 5 aliphatic rings. The fourth-order valence-electron chi connectivity index (χ4n) is 8.22. The SMILES string of the molecule is Cc1cc2c(N3CC4CCC(C3)N4)nc(OCC3(CN4CCOC5(CC5)C4)CC3)nc2c(F)c1-c1cc(O)cc2ccc(F)c(F)c12. The molecule has 5 fully saturated rings. The normalized spacial score (nSPS) is 24.4. The van der Waals surface area contributed by atoms with E-state index in [4.69, 9.17) is 14.5 Å². The quantitative estimate of drug-likeness (QED) is 0.259. The van der Waals surface area contributed by atoms with Gasteiger partial charge in [0.2, 0.25) is 0 Å². The Kier molecular flexibility index (Phi) is 6.69. The molecule has 3 aliphatic heterocycles. The maximum Gasteiger partial charge on any atom is 0.319 e. The molecule has 2 bridgehead atoms. The first-order valence-electron chi connectivity index (χ1n) is 16.8. The Morgan fingerprint density at radius 2 is 1.81 bits per heavy atom. The minimum absolute atomic E-state index is 0.000878. The van der Waals surface area contributed by atoms with Crippen LogP contribution in [0.5, 0.6) is 11.8 Å². The van der Waals surface area contributed by atoms with Crippen LogP contribution in [0.4, 0.5) is 19.0 Å². The van der Waals surface area contributed by atoms with E-state index in [2.05, 4.69) is 20.1 Å². The molecule has 11 heteroatoms. The average molecular weight is 646 g/mol. The van der Waals surface area contributed by atoms with E-state index in [9.17, 15) is 9.50 Å². The Hall–Kier alpha value is -3.67. The lowest BCUT2D eigenvalue weighted by molar-refractivity contribution is -0.0532. The summed E-state index contributed by atoms with van der Waals surface area (Å²) in [7, 11) is 0. The van der Waals surface area contributed by atoms with E-state index in [0.717, 1.165) is 83.9 Å². The van der Waals surface area contributed by atoms with E-state index in [1.807, 2.05) is 6.07 Å². The van der Waals surface area contributed by atoms with Crippen LogP contribution in [0, 0.1) is 29.8 Å². The molecule has 8 nitrogen and oxygen atoms in total. The number of aromatic nitrogens is 2. The van der Waals surface area contributed by atoms with E-state index >= 15 is 8.78 Å². The van der Waals surface area contributed by atoms with E-state index in [1.165, 1.54) is 18.2 Å². The van der Waals surface area contributed by atoms with Gasteiger partial charge in [0.05, 0.1) is 18.8 Å². The predicted octanol–water partition coefficient (Wildman–Crippen LogP) is 5.85. The molecule has 3 aromatic carbocycles. The number of phenols is 1. The monoisotopic (exact) mass is 645 g/mol. The van der Waals surface area contributed by atoms with Crippen molar-refractivity contribution >= 4 is 27.5 Å². The topological polar surface area (TPSA) is 83.0 Å². The van der Waals surface area contributed by atoms with Crippen molar-refractivity contribution in [3.8, 4) is 22.9 Å². The Morgan fingerprint density at radius 3 is 2.55 bits per heavy atom. The van der Waals surface area contributed by atoms with Crippen LogP contribution in [0.1, 0.15) is 44.1 Å². The van der Waals surface area contributed by atoms with Crippen molar-refractivity contribution in [2.45, 2.75) is 63.1 Å². The number of aromatic hydroxyl groups is 1. The minimum Gasteiger partial charge on any atom is -0.508 e. The van der Waals surface area contributed by atoms with Crippen molar-refractivity contribution in [3.05, 3.63) is 53.3 Å². The van der Waals surface area contributed by atoms with E-state index in [-0.39, 0.29) is 50.2 Å². The summed E-state index contributed by atoms with van der Waals surface area (Å²) in [6, 6.07) is 7.58. The van der Waals surface area contributed by atoms with Crippen LogP contribution in [0.15, 0.2) is 30.3 Å². The summed E-state index contributed by atoms with van der Waals surface area (Å²) >= 11 is 0. The van der Waals surface area contributed by atoms with E-state index in [0.29, 0.717) is 35.5 Å². The Labute approximate surface area is 270 Å². The highest BCUT2D eigenvalue weighted by molar-refractivity contribution is 6.02. The second-order valence-corrected chi connectivity index (χ2v) is 14.6. The molecule has 2 saturated carbocycles. The number of hydrogen-bond acceptors (Lipinski definition) is 8. The van der Waals surface area contributed by atoms with Gasteiger partial charge in [-0.05, 0) is 86.2 Å². The van der Waals surface area contributed by atoms with Gasteiger partial charge in [-0.15, -0.1) is 0 Å². The van der Waals surface area contributed by atoms with E-state index in [1.54, 1.807) is 6.92 Å². The van der Waals surface area contributed by atoms with Gasteiger partial charge >= 0.3 is 6.01 Å². The number of ether oxygens (including phenoxy) is 2. The number of nitrogens with zero attached hydrogens (tertiary/aromatic N) is 4. The number of halogens is 3. The van der Waals surface area contributed by atoms with Crippen molar-refractivity contribution in [3.63, 3.8) is 0 Å². The second-order valence-electron chi connectivity index (χ2n) is 14.6. The molecular weight excluding hydrogens is 607 g/mol. The fraction of sp³-hybridized carbons (Fsp3) is 0.500. The predicted molar refractivity (Wildman–Crippen MR) is 172 cm³/mol. The molecule has 9 rings (SSSR count). The van der Waals surface area contributed by atoms with Crippen LogP contribution < -0.4 is 15.0 Å². The third-order valence-corrected chi connectivity index (χ3v) is 11.0. The van der Waals surface area contributed by atoms with Crippen molar-refractivity contribution in [1.82, 2.24) is 20.2 Å². The van der Waals surface area contributed by atoms with Crippen LogP contribution in [-0.4, -0.2) is 83.6 Å². The van der Waals surface area contributed by atoms with Crippen LogP contribution in [-0.2, 0) is 4.74 Å². The first kappa shape index (κ1) is 29.5. The number of morpholine rings is 1. The number of phenolic OH excluding ortho intramolecular Hbond substituents is 1. The zero-order chi connectivity index (χ0) is 32.1. The van der Waals surface area contributed by atoms with Crippen molar-refractivity contribution < 1.29 is 27.8 Å². The van der Waals surface area contributed by atoms with Gasteiger partial charge in [-0.2, -0.15) is 9.97 Å². The van der Waals surface area contributed by atoms with Gasteiger partial charge in [-0.25, -0.2) is 13.2 Å². The molecule has 1 spiro atoms.